The second-order valence-corrected chi connectivity index (χ2v) is 8.70. The summed E-state index contributed by atoms with van der Waals surface area (Å²) in [7, 11) is 3.84. The molecular weight excluding hydrogens is 342 g/mol. The van der Waals surface area contributed by atoms with E-state index in [-0.39, 0.29) is 16.9 Å². The van der Waals surface area contributed by atoms with Crippen LogP contribution in [0.4, 0.5) is 5.95 Å². The summed E-state index contributed by atoms with van der Waals surface area (Å²) in [5, 5.41) is 0. The number of hydrogen-bond acceptors (Lipinski definition) is 5. The quantitative estimate of drug-likeness (QED) is 0.841. The molecule has 4 rings (SSSR count). The Morgan fingerprint density at radius 1 is 1.22 bits per heavy atom. The number of carbonyl (C=O) groups excluding carboxylic acids is 1. The van der Waals surface area contributed by atoms with Gasteiger partial charge in [-0.15, -0.1) is 0 Å². The average molecular weight is 374 g/mol. The molecule has 3 aliphatic rings. The summed E-state index contributed by atoms with van der Waals surface area (Å²) in [6.07, 6.45) is 6.23. The van der Waals surface area contributed by atoms with Gasteiger partial charge in [0.15, 0.2) is 0 Å². The van der Waals surface area contributed by atoms with E-state index in [0.717, 1.165) is 76.0 Å². The molecule has 1 aromatic rings. The Kier molecular flexibility index (Phi) is 4.74. The number of likely N-dealkylation sites (tertiary alicyclic amines) is 2. The van der Waals surface area contributed by atoms with Gasteiger partial charge in [-0.2, -0.15) is 0 Å². The van der Waals surface area contributed by atoms with Gasteiger partial charge in [-0.25, -0.2) is 4.98 Å². The molecule has 1 spiro atoms. The summed E-state index contributed by atoms with van der Waals surface area (Å²) in [6.45, 7) is 5.50. The lowest BCUT2D eigenvalue weighted by Crippen LogP contribution is -2.53. The predicted octanol–water partition coefficient (Wildman–Crippen LogP) is 1.13. The molecule has 1 amide bonds. The molecule has 2 aliphatic heterocycles. The average Bonchev–Trinajstić information content (AvgIpc) is 3.00. The lowest BCUT2D eigenvalue weighted by Gasteiger charge is -2.46. The molecule has 1 aromatic heterocycles. The van der Waals surface area contributed by atoms with E-state index in [1.807, 2.05) is 23.9 Å². The summed E-state index contributed by atoms with van der Waals surface area (Å²) in [6, 6.07) is 0.539. The molecule has 0 bridgehead atoms. The van der Waals surface area contributed by atoms with Crippen molar-refractivity contribution in [1.82, 2.24) is 19.8 Å². The molecule has 1 atom stereocenters. The molecule has 1 unspecified atom stereocenters. The second kappa shape index (κ2) is 6.93. The van der Waals surface area contributed by atoms with Crippen LogP contribution in [-0.4, -0.2) is 72.0 Å². The van der Waals surface area contributed by atoms with Crippen LogP contribution in [0.1, 0.15) is 50.3 Å². The van der Waals surface area contributed by atoms with Gasteiger partial charge in [-0.05, 0) is 45.1 Å². The van der Waals surface area contributed by atoms with Crippen LogP contribution in [0.5, 0.6) is 0 Å². The van der Waals surface area contributed by atoms with Crippen molar-refractivity contribution in [2.24, 2.45) is 0 Å². The fourth-order valence-corrected chi connectivity index (χ4v) is 5.27. The molecule has 27 heavy (non-hydrogen) atoms. The van der Waals surface area contributed by atoms with Gasteiger partial charge in [0.1, 0.15) is 0 Å². The summed E-state index contributed by atoms with van der Waals surface area (Å²) in [5.41, 5.74) is 1.99. The number of anilines is 1. The highest BCUT2D eigenvalue weighted by Crippen LogP contribution is 2.44. The minimum Gasteiger partial charge on any atom is -0.348 e. The van der Waals surface area contributed by atoms with Crippen molar-refractivity contribution in [2.75, 3.05) is 45.2 Å². The van der Waals surface area contributed by atoms with Crippen LogP contribution >= 0.6 is 0 Å². The number of amides is 1. The maximum Gasteiger partial charge on any atom is 0.255 e. The number of rotatable bonds is 2. The predicted molar refractivity (Wildman–Crippen MR) is 105 cm³/mol. The first-order valence-electron chi connectivity index (χ1n) is 10.2. The Morgan fingerprint density at radius 2 is 1.96 bits per heavy atom. The maximum absolute atomic E-state index is 12.6. The molecule has 7 heteroatoms. The summed E-state index contributed by atoms with van der Waals surface area (Å²) >= 11 is 0. The fourth-order valence-electron chi connectivity index (χ4n) is 5.27. The lowest BCUT2D eigenvalue weighted by atomic mass is 9.76. The standard InChI is InChI=1S/C20H31N5O2/c1-14(26)24-11-6-15(7-12-24)25-10-4-8-20(13-25)9-5-16-17(20)21-19(23(2)3)22-18(16)27/h15H,4-13H2,1-3H3,(H,21,22,27). The lowest BCUT2D eigenvalue weighted by molar-refractivity contribution is -0.130. The molecule has 0 aromatic carbocycles. The van der Waals surface area contributed by atoms with E-state index >= 15 is 0 Å². The van der Waals surface area contributed by atoms with Crippen LogP contribution in [0.3, 0.4) is 0 Å². The largest absolute Gasteiger partial charge is 0.348 e. The first-order valence-corrected chi connectivity index (χ1v) is 10.2. The topological polar surface area (TPSA) is 72.5 Å². The third-order valence-electron chi connectivity index (χ3n) is 6.82. The van der Waals surface area contributed by atoms with Crippen LogP contribution in [0, 0.1) is 0 Å². The van der Waals surface area contributed by atoms with Gasteiger partial charge in [0.2, 0.25) is 11.9 Å². The minimum absolute atomic E-state index is 0.0182. The van der Waals surface area contributed by atoms with E-state index in [0.29, 0.717) is 12.0 Å². The Bertz CT molecular complexity index is 781. The zero-order valence-corrected chi connectivity index (χ0v) is 16.8. The van der Waals surface area contributed by atoms with Gasteiger partial charge in [0, 0.05) is 57.7 Å². The van der Waals surface area contributed by atoms with E-state index in [1.54, 1.807) is 6.92 Å². The Labute approximate surface area is 160 Å². The molecule has 0 saturated carbocycles. The van der Waals surface area contributed by atoms with Crippen molar-refractivity contribution in [3.05, 3.63) is 21.6 Å². The third kappa shape index (κ3) is 3.26. The van der Waals surface area contributed by atoms with Gasteiger partial charge in [0.05, 0.1) is 5.69 Å². The number of fused-ring (bicyclic) bond motifs is 2. The van der Waals surface area contributed by atoms with Crippen molar-refractivity contribution in [3.63, 3.8) is 0 Å². The normalized spacial score (nSPS) is 26.4. The summed E-state index contributed by atoms with van der Waals surface area (Å²) in [4.78, 5) is 38.5. The SMILES string of the molecule is CC(=O)N1CCC(N2CCCC3(CCc4c3nc(N(C)C)[nH]c4=O)C2)CC1. The fraction of sp³-hybridized carbons (Fsp3) is 0.750. The van der Waals surface area contributed by atoms with Gasteiger partial charge in [-0.1, -0.05) is 0 Å². The molecule has 7 nitrogen and oxygen atoms in total. The van der Waals surface area contributed by atoms with Crippen LogP contribution in [0.15, 0.2) is 4.79 Å². The molecule has 1 aliphatic carbocycles. The highest BCUT2D eigenvalue weighted by molar-refractivity contribution is 5.73. The van der Waals surface area contributed by atoms with E-state index in [1.165, 1.54) is 0 Å². The van der Waals surface area contributed by atoms with E-state index < -0.39 is 0 Å². The number of carbonyl (C=O) groups is 1. The molecule has 2 saturated heterocycles. The molecule has 2 fully saturated rings. The first kappa shape index (κ1) is 18.5. The van der Waals surface area contributed by atoms with Gasteiger partial charge < -0.3 is 9.80 Å². The van der Waals surface area contributed by atoms with E-state index in [9.17, 15) is 9.59 Å². The number of hydrogen-bond donors (Lipinski definition) is 1. The Balaban J connectivity index is 1.56. The molecule has 3 heterocycles. The maximum atomic E-state index is 12.6. The van der Waals surface area contributed by atoms with Crippen LogP contribution in [-0.2, 0) is 16.6 Å². The zero-order chi connectivity index (χ0) is 19.2. The number of nitrogens with zero attached hydrogens (tertiary/aromatic N) is 4. The monoisotopic (exact) mass is 373 g/mol. The Hall–Kier alpha value is -1.89. The number of piperidine rings is 2. The Morgan fingerprint density at radius 3 is 2.63 bits per heavy atom. The van der Waals surface area contributed by atoms with Gasteiger partial charge >= 0.3 is 0 Å². The molecule has 0 radical (unpaired) electrons. The van der Waals surface area contributed by atoms with Crippen LogP contribution in [0.2, 0.25) is 0 Å². The smallest absolute Gasteiger partial charge is 0.255 e. The van der Waals surface area contributed by atoms with E-state index in [2.05, 4.69) is 9.88 Å². The third-order valence-corrected chi connectivity index (χ3v) is 6.82. The van der Waals surface area contributed by atoms with Crippen molar-refractivity contribution in [1.29, 1.82) is 0 Å². The number of aromatic amines is 1. The number of H-pyrrole nitrogens is 1. The second-order valence-electron chi connectivity index (χ2n) is 8.70. The summed E-state index contributed by atoms with van der Waals surface area (Å²) in [5.74, 6) is 0.847. The molecule has 1 N–H and O–H groups in total. The van der Waals surface area contributed by atoms with Crippen molar-refractivity contribution in [3.8, 4) is 0 Å². The van der Waals surface area contributed by atoms with Gasteiger partial charge in [-0.3, -0.25) is 19.5 Å². The van der Waals surface area contributed by atoms with Gasteiger partial charge in [0.25, 0.3) is 5.56 Å². The zero-order valence-electron chi connectivity index (χ0n) is 16.8. The molecule has 148 valence electrons. The van der Waals surface area contributed by atoms with E-state index in [4.69, 9.17) is 4.98 Å². The van der Waals surface area contributed by atoms with Crippen molar-refractivity contribution >= 4 is 11.9 Å². The van der Waals surface area contributed by atoms with Crippen molar-refractivity contribution in [2.45, 2.75) is 56.9 Å². The molecular formula is C20H31N5O2. The number of aromatic nitrogens is 2. The van der Waals surface area contributed by atoms with Crippen LogP contribution in [0.25, 0.3) is 0 Å². The highest BCUT2D eigenvalue weighted by Gasteiger charge is 2.46. The van der Waals surface area contributed by atoms with Crippen LogP contribution < -0.4 is 10.5 Å². The number of nitrogens with one attached hydrogen (secondary N) is 1. The summed E-state index contributed by atoms with van der Waals surface area (Å²) < 4.78 is 0. The van der Waals surface area contributed by atoms with Crippen molar-refractivity contribution < 1.29 is 4.79 Å². The first-order chi connectivity index (χ1) is 12.9. The minimum atomic E-state index is 0.0182. The highest BCUT2D eigenvalue weighted by atomic mass is 16.2.